The molecule has 0 radical (unpaired) electrons. The van der Waals surface area contributed by atoms with Gasteiger partial charge in [-0.1, -0.05) is 6.58 Å². The summed E-state index contributed by atoms with van der Waals surface area (Å²) in [5, 5.41) is 3.36. The zero-order valence-electron chi connectivity index (χ0n) is 21.4. The van der Waals surface area contributed by atoms with Crippen molar-refractivity contribution >= 4 is 34.1 Å². The van der Waals surface area contributed by atoms with E-state index < -0.39 is 0 Å². The zero-order valence-corrected chi connectivity index (χ0v) is 21.4. The molecule has 0 aliphatic carbocycles. The van der Waals surface area contributed by atoms with Gasteiger partial charge in [0.2, 0.25) is 11.8 Å². The molecule has 1 aliphatic heterocycles. The topological polar surface area (TPSA) is 107 Å². The van der Waals surface area contributed by atoms with Crippen LogP contribution in [0, 0.1) is 6.92 Å². The van der Waals surface area contributed by atoms with Crippen molar-refractivity contribution in [1.29, 1.82) is 0 Å². The number of amides is 1. The lowest BCUT2D eigenvalue weighted by molar-refractivity contribution is -0.127. The van der Waals surface area contributed by atoms with Crippen LogP contribution in [0.3, 0.4) is 0 Å². The predicted molar refractivity (Wildman–Crippen MR) is 147 cm³/mol. The van der Waals surface area contributed by atoms with Gasteiger partial charge >= 0.3 is 0 Å². The van der Waals surface area contributed by atoms with Crippen LogP contribution in [0.1, 0.15) is 18.4 Å². The lowest BCUT2D eigenvalue weighted by atomic mass is 10.1. The third kappa shape index (κ3) is 5.22. The Morgan fingerprint density at radius 3 is 2.77 bits per heavy atom. The summed E-state index contributed by atoms with van der Waals surface area (Å²) < 4.78 is 14.2. The Morgan fingerprint density at radius 2 is 1.95 bits per heavy atom. The van der Waals surface area contributed by atoms with E-state index in [1.807, 2.05) is 66.2 Å². The van der Waals surface area contributed by atoms with E-state index in [9.17, 15) is 4.79 Å². The fourth-order valence-corrected chi connectivity index (χ4v) is 4.63. The number of aromatic nitrogens is 5. The van der Waals surface area contributed by atoms with E-state index in [-0.39, 0.29) is 12.0 Å². The Bertz CT molecular complexity index is 1670. The Kier molecular flexibility index (Phi) is 6.50. The molecule has 0 bridgehead atoms. The zero-order chi connectivity index (χ0) is 26.8. The van der Waals surface area contributed by atoms with Crippen LogP contribution in [0.5, 0.6) is 17.4 Å². The second kappa shape index (κ2) is 10.4. The minimum Gasteiger partial charge on any atom is -0.474 e. The summed E-state index contributed by atoms with van der Waals surface area (Å²) in [5.41, 5.74) is 3.94. The molecule has 10 nitrogen and oxygen atoms in total. The van der Waals surface area contributed by atoms with Gasteiger partial charge < -0.3 is 24.1 Å². The number of rotatable bonds is 7. The number of hydrogen-bond donors (Lipinski definition) is 1. The molecule has 5 aromatic rings. The summed E-state index contributed by atoms with van der Waals surface area (Å²) in [5.74, 6) is 2.50. The third-order valence-corrected chi connectivity index (χ3v) is 6.71. The van der Waals surface area contributed by atoms with Gasteiger partial charge in [-0.05, 0) is 48.9 Å². The number of nitrogens with one attached hydrogen (secondary N) is 1. The van der Waals surface area contributed by atoms with Crippen molar-refractivity contribution in [3.05, 3.63) is 85.6 Å². The maximum absolute atomic E-state index is 11.8. The first-order chi connectivity index (χ1) is 19.1. The fourth-order valence-electron chi connectivity index (χ4n) is 4.63. The van der Waals surface area contributed by atoms with Crippen molar-refractivity contribution < 1.29 is 14.3 Å². The molecule has 1 aromatic carbocycles. The number of carbonyl (C=O) groups excluding carboxylic acids is 1. The second-order valence-corrected chi connectivity index (χ2v) is 9.35. The van der Waals surface area contributed by atoms with Crippen LogP contribution < -0.4 is 14.8 Å². The largest absolute Gasteiger partial charge is 0.474 e. The van der Waals surface area contributed by atoms with Crippen molar-refractivity contribution in [1.82, 2.24) is 29.2 Å². The number of hydrogen-bond acceptors (Lipinski definition) is 8. The predicted octanol–water partition coefficient (Wildman–Crippen LogP) is 5.07. The van der Waals surface area contributed by atoms with E-state index in [1.165, 1.54) is 12.4 Å². The van der Waals surface area contributed by atoms with Crippen LogP contribution in [0.4, 0.5) is 11.5 Å². The van der Waals surface area contributed by atoms with Crippen molar-refractivity contribution in [2.45, 2.75) is 25.9 Å². The van der Waals surface area contributed by atoms with E-state index in [2.05, 4.69) is 26.8 Å². The number of piperidine rings is 1. The first kappa shape index (κ1) is 24.4. The number of fused-ring (bicyclic) bond motifs is 2. The number of nitrogens with zero attached hydrogens (tertiary/aromatic N) is 6. The maximum atomic E-state index is 11.8. The molecule has 1 fully saturated rings. The highest BCUT2D eigenvalue weighted by Crippen LogP contribution is 2.30. The molecule has 1 amide bonds. The van der Waals surface area contributed by atoms with Crippen LogP contribution in [0.2, 0.25) is 0 Å². The van der Waals surface area contributed by atoms with Crippen LogP contribution in [-0.4, -0.2) is 54.3 Å². The molecule has 1 saturated heterocycles. The Hall–Kier alpha value is -4.99. The van der Waals surface area contributed by atoms with Gasteiger partial charge in [-0.3, -0.25) is 4.79 Å². The molecular formula is C29H27N7O3. The molecule has 1 N–H and O–H groups in total. The molecule has 0 unspecified atom stereocenters. The maximum Gasteiger partial charge on any atom is 0.245 e. The SMILES string of the molecule is C=CC(=O)N1CCC(Oc2ccc3ncnc(Nc4ccc(Oc5ccn6ccnc6c5)c(C)c4)c3n2)CC1. The van der Waals surface area contributed by atoms with Crippen LogP contribution in [0.25, 0.3) is 16.7 Å². The highest BCUT2D eigenvalue weighted by Gasteiger charge is 2.23. The van der Waals surface area contributed by atoms with E-state index in [4.69, 9.17) is 14.5 Å². The first-order valence-electron chi connectivity index (χ1n) is 12.7. The molecule has 6 rings (SSSR count). The van der Waals surface area contributed by atoms with Crippen LogP contribution in [-0.2, 0) is 4.79 Å². The van der Waals surface area contributed by atoms with E-state index in [0.717, 1.165) is 35.5 Å². The summed E-state index contributed by atoms with van der Waals surface area (Å²) in [6.45, 7) is 6.82. The van der Waals surface area contributed by atoms with Gasteiger partial charge in [0.05, 0.1) is 5.52 Å². The summed E-state index contributed by atoms with van der Waals surface area (Å²) in [4.78, 5) is 31.4. The molecule has 1 aliphatic rings. The Morgan fingerprint density at radius 1 is 1.08 bits per heavy atom. The molecular weight excluding hydrogens is 494 g/mol. The standard InChI is InChI=1S/C29H27N7O3/c1-3-27(37)36-13-8-21(9-14-36)39-26-7-5-23-28(34-26)29(32-18-31-23)33-20-4-6-24(19(2)16-20)38-22-10-12-35-15-11-30-25(35)17-22/h3-7,10-12,15-18,21H,1,8-9,13-14H2,2H3,(H,31,32,33). The molecule has 5 heterocycles. The third-order valence-electron chi connectivity index (χ3n) is 6.71. The smallest absolute Gasteiger partial charge is 0.245 e. The minimum absolute atomic E-state index is 0.0192. The molecule has 196 valence electrons. The monoisotopic (exact) mass is 521 g/mol. The number of aryl methyl sites for hydroxylation is 1. The van der Waals surface area contributed by atoms with Gasteiger partial charge in [0.1, 0.15) is 35.1 Å². The van der Waals surface area contributed by atoms with E-state index in [0.29, 0.717) is 41.6 Å². The van der Waals surface area contributed by atoms with Gasteiger partial charge in [-0.25, -0.2) is 19.9 Å². The molecule has 39 heavy (non-hydrogen) atoms. The summed E-state index contributed by atoms with van der Waals surface area (Å²) in [6.07, 6.45) is 9.87. The second-order valence-electron chi connectivity index (χ2n) is 9.35. The van der Waals surface area contributed by atoms with Crippen molar-refractivity contribution in [2.75, 3.05) is 18.4 Å². The number of imidazole rings is 1. The number of likely N-dealkylation sites (tertiary alicyclic amines) is 1. The summed E-state index contributed by atoms with van der Waals surface area (Å²) in [7, 11) is 0. The average Bonchev–Trinajstić information content (AvgIpc) is 3.43. The lowest BCUT2D eigenvalue weighted by Gasteiger charge is -2.31. The van der Waals surface area contributed by atoms with Gasteiger partial charge in [-0.2, -0.15) is 0 Å². The van der Waals surface area contributed by atoms with Gasteiger partial charge in [-0.15, -0.1) is 0 Å². The van der Waals surface area contributed by atoms with Crippen molar-refractivity contribution in [2.24, 2.45) is 0 Å². The highest BCUT2D eigenvalue weighted by atomic mass is 16.5. The number of pyridine rings is 2. The molecule has 0 saturated carbocycles. The Labute approximate surface area is 225 Å². The molecule has 4 aromatic heterocycles. The van der Waals surface area contributed by atoms with E-state index in [1.54, 1.807) is 11.1 Å². The van der Waals surface area contributed by atoms with Gasteiger partial charge in [0.25, 0.3) is 0 Å². The summed E-state index contributed by atoms with van der Waals surface area (Å²) >= 11 is 0. The van der Waals surface area contributed by atoms with E-state index >= 15 is 0 Å². The van der Waals surface area contributed by atoms with Gasteiger partial charge in [0.15, 0.2) is 5.82 Å². The first-order valence-corrected chi connectivity index (χ1v) is 12.7. The summed E-state index contributed by atoms with van der Waals surface area (Å²) in [6, 6.07) is 13.3. The van der Waals surface area contributed by atoms with Gasteiger partial charge in [0, 0.05) is 62.3 Å². The fraction of sp³-hybridized carbons (Fsp3) is 0.207. The van der Waals surface area contributed by atoms with Crippen LogP contribution >= 0.6 is 0 Å². The lowest BCUT2D eigenvalue weighted by Crippen LogP contribution is -2.41. The highest BCUT2D eigenvalue weighted by molar-refractivity contribution is 5.87. The number of carbonyl (C=O) groups is 1. The van der Waals surface area contributed by atoms with Crippen molar-refractivity contribution in [3.63, 3.8) is 0 Å². The quantitative estimate of drug-likeness (QED) is 0.296. The molecule has 0 atom stereocenters. The number of anilines is 2. The van der Waals surface area contributed by atoms with Crippen molar-refractivity contribution in [3.8, 4) is 17.4 Å². The number of benzene rings is 1. The molecule has 0 spiro atoms. The number of ether oxygens (including phenoxy) is 2. The minimum atomic E-state index is -0.0455. The van der Waals surface area contributed by atoms with Crippen LogP contribution in [0.15, 0.2) is 80.0 Å². The molecule has 10 heteroatoms. The normalized spacial score (nSPS) is 13.9. The average molecular weight is 522 g/mol. The Balaban J connectivity index is 1.17.